The number of fused-ring (bicyclic) bond motifs is 1. The molecule has 1 saturated heterocycles. The van der Waals surface area contributed by atoms with E-state index in [4.69, 9.17) is 15.2 Å². The molecule has 1 atom stereocenters. The summed E-state index contributed by atoms with van der Waals surface area (Å²) in [5.74, 6) is 1.22. The molecule has 0 amide bonds. The molecule has 3 rings (SSSR count). The van der Waals surface area contributed by atoms with E-state index in [9.17, 15) is 8.42 Å². The van der Waals surface area contributed by atoms with Crippen LogP contribution in [0.25, 0.3) is 0 Å². The van der Waals surface area contributed by atoms with Crippen LogP contribution in [0.2, 0.25) is 0 Å². The summed E-state index contributed by atoms with van der Waals surface area (Å²) in [6, 6.07) is 5.11. The van der Waals surface area contributed by atoms with Crippen molar-refractivity contribution in [3.8, 4) is 11.5 Å². The van der Waals surface area contributed by atoms with Crippen LogP contribution in [-0.2, 0) is 10.0 Å². The Hall–Kier alpha value is -1.02. The Bertz CT molecular complexity index is 643. The molecule has 0 bridgehead atoms. The molecule has 1 aromatic rings. The van der Waals surface area contributed by atoms with Crippen LogP contribution >= 0.6 is 12.4 Å². The van der Waals surface area contributed by atoms with Gasteiger partial charge in [0.25, 0.3) is 0 Å². The van der Waals surface area contributed by atoms with Gasteiger partial charge in [-0.15, -0.1) is 12.4 Å². The van der Waals surface area contributed by atoms with E-state index in [-0.39, 0.29) is 23.3 Å². The second-order valence-electron chi connectivity index (χ2n) is 5.88. The van der Waals surface area contributed by atoms with Gasteiger partial charge < -0.3 is 15.2 Å². The Morgan fingerprint density at radius 1 is 1.22 bits per heavy atom. The van der Waals surface area contributed by atoms with Crippen LogP contribution < -0.4 is 15.2 Å². The lowest BCUT2D eigenvalue weighted by atomic mass is 9.92. The van der Waals surface area contributed by atoms with E-state index >= 15 is 0 Å². The fourth-order valence-electron chi connectivity index (χ4n) is 3.03. The van der Waals surface area contributed by atoms with Gasteiger partial charge in [0.15, 0.2) is 11.5 Å². The van der Waals surface area contributed by atoms with Crippen LogP contribution in [0.1, 0.15) is 19.8 Å². The lowest BCUT2D eigenvalue weighted by Crippen LogP contribution is -2.42. The lowest BCUT2D eigenvalue weighted by Gasteiger charge is -2.33. The first-order chi connectivity index (χ1) is 10.5. The number of hydrogen-bond acceptors (Lipinski definition) is 5. The van der Waals surface area contributed by atoms with Gasteiger partial charge in [-0.05, 0) is 37.8 Å². The van der Waals surface area contributed by atoms with Gasteiger partial charge in [-0.1, -0.05) is 6.07 Å². The summed E-state index contributed by atoms with van der Waals surface area (Å²) in [7, 11) is -3.57. The summed E-state index contributed by atoms with van der Waals surface area (Å²) >= 11 is 0. The van der Waals surface area contributed by atoms with Crippen molar-refractivity contribution in [3.63, 3.8) is 0 Å². The number of nitrogens with zero attached hydrogens (tertiary/aromatic N) is 1. The maximum absolute atomic E-state index is 12.9. The van der Waals surface area contributed by atoms with Crippen molar-refractivity contribution in [1.29, 1.82) is 0 Å². The number of hydrogen-bond donors (Lipinski definition) is 1. The van der Waals surface area contributed by atoms with Crippen molar-refractivity contribution in [2.24, 2.45) is 11.7 Å². The highest BCUT2D eigenvalue weighted by Gasteiger charge is 2.34. The molecule has 6 nitrogen and oxygen atoms in total. The fraction of sp³-hybridized carbons (Fsp3) is 0.600. The number of sulfonamides is 1. The van der Waals surface area contributed by atoms with Crippen molar-refractivity contribution in [2.75, 3.05) is 26.3 Å². The van der Waals surface area contributed by atoms with E-state index in [1.54, 1.807) is 18.2 Å². The molecule has 0 aromatic heterocycles. The zero-order chi connectivity index (χ0) is 15.7. The number of ether oxygens (including phenoxy) is 2. The second-order valence-corrected chi connectivity index (χ2v) is 7.79. The summed E-state index contributed by atoms with van der Waals surface area (Å²) in [4.78, 5) is 0.198. The summed E-state index contributed by atoms with van der Waals surface area (Å²) in [5.41, 5.74) is 5.92. The third-order valence-electron chi connectivity index (χ3n) is 4.39. The summed E-state index contributed by atoms with van der Waals surface area (Å²) < 4.78 is 38.3. The molecular formula is C15H23ClN2O4S. The summed E-state index contributed by atoms with van der Waals surface area (Å²) in [5, 5.41) is 0. The molecule has 0 aliphatic carbocycles. The molecule has 2 heterocycles. The average molecular weight is 363 g/mol. The summed E-state index contributed by atoms with van der Waals surface area (Å²) in [6.45, 7) is 3.79. The van der Waals surface area contributed by atoms with Crippen LogP contribution in [0.3, 0.4) is 0 Å². The van der Waals surface area contributed by atoms with Crippen LogP contribution in [-0.4, -0.2) is 45.1 Å². The van der Waals surface area contributed by atoms with E-state index in [1.807, 2.05) is 6.92 Å². The largest absolute Gasteiger partial charge is 0.486 e. The van der Waals surface area contributed by atoms with Gasteiger partial charge in [0.2, 0.25) is 10.0 Å². The van der Waals surface area contributed by atoms with Crippen molar-refractivity contribution >= 4 is 22.4 Å². The van der Waals surface area contributed by atoms with Gasteiger partial charge in [0.1, 0.15) is 18.1 Å². The maximum Gasteiger partial charge on any atom is 0.246 e. The van der Waals surface area contributed by atoms with Crippen molar-refractivity contribution in [3.05, 3.63) is 18.2 Å². The van der Waals surface area contributed by atoms with Crippen molar-refractivity contribution in [1.82, 2.24) is 4.31 Å². The highest BCUT2D eigenvalue weighted by molar-refractivity contribution is 7.89. The Kier molecular flexibility index (Phi) is 5.78. The van der Waals surface area contributed by atoms with E-state index in [0.29, 0.717) is 43.7 Å². The molecular weight excluding hydrogens is 340 g/mol. The van der Waals surface area contributed by atoms with E-state index in [1.165, 1.54) is 4.31 Å². The minimum atomic E-state index is -3.57. The predicted molar refractivity (Wildman–Crippen MR) is 89.8 cm³/mol. The van der Waals surface area contributed by atoms with Gasteiger partial charge in [0, 0.05) is 19.1 Å². The summed E-state index contributed by atoms with van der Waals surface area (Å²) in [6.07, 6.45) is 1.59. The minimum absolute atomic E-state index is 0. The molecule has 130 valence electrons. The van der Waals surface area contributed by atoms with Crippen molar-refractivity contribution in [2.45, 2.75) is 30.7 Å². The molecule has 0 saturated carbocycles. The molecule has 2 aliphatic heterocycles. The molecule has 2 aliphatic rings. The molecule has 1 aromatic carbocycles. The molecule has 1 fully saturated rings. The predicted octanol–water partition coefficient (Wildman–Crippen LogP) is 1.63. The van der Waals surface area contributed by atoms with Crippen LogP contribution in [0.5, 0.6) is 11.5 Å². The molecule has 2 N–H and O–H groups in total. The third-order valence-corrected chi connectivity index (χ3v) is 6.31. The quantitative estimate of drug-likeness (QED) is 0.883. The number of rotatable bonds is 3. The monoisotopic (exact) mass is 362 g/mol. The smallest absolute Gasteiger partial charge is 0.246 e. The Balaban J connectivity index is 0.00000192. The molecule has 8 heteroatoms. The number of benzene rings is 1. The number of halogens is 1. The molecule has 1 unspecified atom stereocenters. The minimum Gasteiger partial charge on any atom is -0.486 e. The maximum atomic E-state index is 12.9. The van der Waals surface area contributed by atoms with Crippen LogP contribution in [0, 0.1) is 5.92 Å². The third kappa shape index (κ3) is 3.57. The Morgan fingerprint density at radius 3 is 2.52 bits per heavy atom. The SMILES string of the molecule is CC(N)C1CCN(S(=O)(=O)c2cccc3c2OCCO3)CC1.Cl. The first-order valence-corrected chi connectivity index (χ1v) is 9.08. The Morgan fingerprint density at radius 2 is 1.87 bits per heavy atom. The average Bonchev–Trinajstić information content (AvgIpc) is 2.54. The van der Waals surface area contributed by atoms with Gasteiger partial charge in [0.05, 0.1) is 0 Å². The zero-order valence-corrected chi connectivity index (χ0v) is 14.7. The Labute approximate surface area is 143 Å². The number of piperidine rings is 1. The lowest BCUT2D eigenvalue weighted by molar-refractivity contribution is 0.166. The van der Waals surface area contributed by atoms with E-state index in [0.717, 1.165) is 12.8 Å². The van der Waals surface area contributed by atoms with Gasteiger partial charge in [-0.25, -0.2) is 8.42 Å². The zero-order valence-electron chi connectivity index (χ0n) is 13.1. The van der Waals surface area contributed by atoms with Crippen LogP contribution in [0.15, 0.2) is 23.1 Å². The van der Waals surface area contributed by atoms with E-state index < -0.39 is 10.0 Å². The standard InChI is InChI=1S/C15H22N2O4S.ClH/c1-11(16)12-5-7-17(8-6-12)22(18,19)14-4-2-3-13-15(14)21-10-9-20-13;/h2-4,11-12H,5-10,16H2,1H3;1H. The fourth-order valence-corrected chi connectivity index (χ4v) is 4.65. The van der Waals surface area contributed by atoms with Crippen LogP contribution in [0.4, 0.5) is 0 Å². The molecule has 23 heavy (non-hydrogen) atoms. The normalized spacial score (nSPS) is 20.6. The number of nitrogens with two attached hydrogens (primary N) is 1. The highest BCUT2D eigenvalue weighted by atomic mass is 35.5. The molecule has 0 radical (unpaired) electrons. The van der Waals surface area contributed by atoms with Gasteiger partial charge in [-0.2, -0.15) is 4.31 Å². The first kappa shape index (κ1) is 18.3. The first-order valence-electron chi connectivity index (χ1n) is 7.64. The van der Waals surface area contributed by atoms with Crippen molar-refractivity contribution < 1.29 is 17.9 Å². The topological polar surface area (TPSA) is 81.9 Å². The molecule has 0 spiro atoms. The van der Waals surface area contributed by atoms with E-state index in [2.05, 4.69) is 0 Å². The second kappa shape index (κ2) is 7.25. The van der Waals surface area contributed by atoms with Gasteiger partial charge in [-0.3, -0.25) is 0 Å². The van der Waals surface area contributed by atoms with Gasteiger partial charge >= 0.3 is 0 Å². The number of para-hydroxylation sites is 1. The highest BCUT2D eigenvalue weighted by Crippen LogP contribution is 2.38.